The minimum Gasteiger partial charge on any atom is -0.475 e. The van der Waals surface area contributed by atoms with Crippen molar-refractivity contribution in [3.8, 4) is 0 Å². The summed E-state index contributed by atoms with van der Waals surface area (Å²) >= 11 is 0.884. The summed E-state index contributed by atoms with van der Waals surface area (Å²) in [5.41, 5.74) is 0.822. The molecule has 0 saturated carbocycles. The molecule has 1 heterocycles. The van der Waals surface area contributed by atoms with E-state index < -0.39 is 35.9 Å². The Labute approximate surface area is 251 Å². The molecule has 1 aromatic carbocycles. The van der Waals surface area contributed by atoms with E-state index in [-0.39, 0.29) is 30.4 Å². The number of carboxylic acid groups (broad SMARTS) is 1. The van der Waals surface area contributed by atoms with Crippen LogP contribution in [0, 0.1) is 5.92 Å². The molecular weight excluding hydrogens is 604 g/mol. The summed E-state index contributed by atoms with van der Waals surface area (Å²) in [6, 6.07) is 8.93. The Bertz CT molecular complexity index is 1020. The van der Waals surface area contributed by atoms with Gasteiger partial charge in [-0.1, -0.05) is 30.3 Å². The van der Waals surface area contributed by atoms with Crippen LogP contribution in [-0.2, 0) is 25.6 Å². The Morgan fingerprint density at radius 1 is 1.00 bits per heavy atom. The van der Waals surface area contributed by atoms with Gasteiger partial charge in [-0.05, 0) is 76.3 Å². The van der Waals surface area contributed by atoms with Crippen LogP contribution in [0.3, 0.4) is 0 Å². The van der Waals surface area contributed by atoms with Crippen molar-refractivity contribution in [3.63, 3.8) is 0 Å². The fourth-order valence-corrected chi connectivity index (χ4v) is 5.08. The molecule has 1 saturated heterocycles. The van der Waals surface area contributed by atoms with Gasteiger partial charge >= 0.3 is 18.3 Å². The van der Waals surface area contributed by atoms with E-state index in [1.54, 1.807) is 0 Å². The summed E-state index contributed by atoms with van der Waals surface area (Å²) < 4.78 is 68.8. The monoisotopic (exact) mass is 643 g/mol. The third-order valence-electron chi connectivity index (χ3n) is 6.66. The van der Waals surface area contributed by atoms with E-state index in [2.05, 4.69) is 29.4 Å². The summed E-state index contributed by atoms with van der Waals surface area (Å²) in [6.45, 7) is 7.02. The van der Waals surface area contributed by atoms with E-state index in [0.717, 1.165) is 49.7 Å². The Balaban J connectivity index is 0.00000117. The molecule has 2 amide bonds. The SMILES string of the molecule is CC(C)N1CCC(CCNC(=O)[C@H](CCCSCC(=O)C(F)(F)F)NC(=O)Cc2ccccc2)CC1.O=C(O)C(F)(F)F. The second-order valence-corrected chi connectivity index (χ2v) is 11.5. The van der Waals surface area contributed by atoms with Gasteiger partial charge in [-0.15, -0.1) is 0 Å². The van der Waals surface area contributed by atoms with Crippen molar-refractivity contribution in [2.24, 2.45) is 5.92 Å². The number of amides is 2. The van der Waals surface area contributed by atoms with Crippen molar-refractivity contribution in [2.45, 2.75) is 76.8 Å². The first-order chi connectivity index (χ1) is 20.0. The second kappa shape index (κ2) is 18.8. The molecule has 8 nitrogen and oxygen atoms in total. The molecule has 0 unspecified atom stereocenters. The molecule has 0 radical (unpaired) electrons. The molecule has 2 rings (SSSR count). The van der Waals surface area contributed by atoms with Crippen molar-refractivity contribution in [1.29, 1.82) is 0 Å². The highest BCUT2D eigenvalue weighted by Crippen LogP contribution is 2.22. The lowest BCUT2D eigenvalue weighted by Crippen LogP contribution is -2.47. The average molecular weight is 644 g/mol. The molecule has 15 heteroatoms. The first-order valence-electron chi connectivity index (χ1n) is 13.8. The van der Waals surface area contributed by atoms with Crippen LogP contribution >= 0.6 is 11.8 Å². The number of likely N-dealkylation sites (tertiary alicyclic amines) is 1. The highest BCUT2D eigenvalue weighted by molar-refractivity contribution is 7.99. The van der Waals surface area contributed by atoms with Gasteiger partial charge in [0.25, 0.3) is 0 Å². The van der Waals surface area contributed by atoms with Crippen molar-refractivity contribution in [3.05, 3.63) is 35.9 Å². The number of halogens is 6. The standard InChI is InChI=1S/C26H38F3N3O3S.C2HF3O2/c1-19(2)32-14-11-20(12-15-32)10-13-30-25(35)22(9-6-16-36-18-23(33)26(27,28)29)31-24(34)17-21-7-4-3-5-8-21;3-2(4,5)1(6)7/h3-5,7-8,19-20,22H,6,9-18H2,1-2H3,(H,30,35)(H,31,34);(H,6,7)/t22-;/m0./s1. The summed E-state index contributed by atoms with van der Waals surface area (Å²) in [4.78, 5) is 47.8. The minimum absolute atomic E-state index is 0.133. The highest BCUT2D eigenvalue weighted by Gasteiger charge is 2.38. The number of piperidine rings is 1. The maximum Gasteiger partial charge on any atom is 0.490 e. The molecule has 0 spiro atoms. The third-order valence-corrected chi connectivity index (χ3v) is 7.71. The number of hydrogen-bond acceptors (Lipinski definition) is 6. The number of thioether (sulfide) groups is 1. The number of nitrogens with one attached hydrogen (secondary N) is 2. The van der Waals surface area contributed by atoms with Crippen LogP contribution in [0.25, 0.3) is 0 Å². The quantitative estimate of drug-likeness (QED) is 0.200. The fraction of sp³-hybridized carbons (Fsp3) is 0.643. The van der Waals surface area contributed by atoms with Gasteiger partial charge in [-0.3, -0.25) is 14.4 Å². The lowest BCUT2D eigenvalue weighted by Gasteiger charge is -2.34. The molecule has 0 bridgehead atoms. The predicted octanol–water partition coefficient (Wildman–Crippen LogP) is 4.62. The molecule has 1 aliphatic rings. The topological polar surface area (TPSA) is 116 Å². The molecule has 1 aromatic rings. The Morgan fingerprint density at radius 2 is 1.58 bits per heavy atom. The van der Waals surface area contributed by atoms with E-state index in [0.29, 0.717) is 24.9 Å². The van der Waals surface area contributed by atoms with Crippen LogP contribution in [-0.4, -0.2) is 89.1 Å². The molecular formula is C28H39F6N3O5S. The summed E-state index contributed by atoms with van der Waals surface area (Å²) in [7, 11) is 0. The number of nitrogens with zero attached hydrogens (tertiary/aromatic N) is 1. The smallest absolute Gasteiger partial charge is 0.475 e. The zero-order valence-electron chi connectivity index (χ0n) is 24.1. The number of benzene rings is 1. The van der Waals surface area contributed by atoms with Gasteiger partial charge in [0.2, 0.25) is 17.6 Å². The second-order valence-electron chi connectivity index (χ2n) is 10.4. The van der Waals surface area contributed by atoms with Gasteiger partial charge < -0.3 is 20.6 Å². The predicted molar refractivity (Wildman–Crippen MR) is 150 cm³/mol. The van der Waals surface area contributed by atoms with Crippen molar-refractivity contribution >= 4 is 35.3 Å². The number of aliphatic carboxylic acids is 1. The van der Waals surface area contributed by atoms with Crippen molar-refractivity contribution in [1.82, 2.24) is 15.5 Å². The molecule has 43 heavy (non-hydrogen) atoms. The van der Waals surface area contributed by atoms with E-state index in [1.165, 1.54) is 0 Å². The zero-order valence-corrected chi connectivity index (χ0v) is 24.9. The molecule has 1 aliphatic heterocycles. The normalized spacial score (nSPS) is 15.3. The zero-order chi connectivity index (χ0) is 32.6. The first kappa shape index (κ1) is 38.2. The summed E-state index contributed by atoms with van der Waals surface area (Å²) in [6.07, 6.45) is -6.03. The minimum atomic E-state index is -5.08. The third kappa shape index (κ3) is 16.6. The molecule has 3 N–H and O–H groups in total. The fourth-order valence-electron chi connectivity index (χ4n) is 4.21. The number of alkyl halides is 6. The number of carbonyl (C=O) groups is 4. The number of Topliss-reactive ketones (excluding diaryl/α,β-unsaturated/α-hetero) is 1. The van der Waals surface area contributed by atoms with Crippen LogP contribution in [0.5, 0.6) is 0 Å². The number of carboxylic acids is 1. The van der Waals surface area contributed by atoms with Crippen LogP contribution in [0.2, 0.25) is 0 Å². The van der Waals surface area contributed by atoms with Crippen LogP contribution in [0.4, 0.5) is 26.3 Å². The van der Waals surface area contributed by atoms with Crippen LogP contribution in [0.15, 0.2) is 30.3 Å². The van der Waals surface area contributed by atoms with Gasteiger partial charge in [0.15, 0.2) is 0 Å². The van der Waals surface area contributed by atoms with Crippen molar-refractivity contribution < 1.29 is 50.6 Å². The van der Waals surface area contributed by atoms with Crippen molar-refractivity contribution in [2.75, 3.05) is 31.1 Å². The lowest BCUT2D eigenvalue weighted by molar-refractivity contribution is -0.192. The van der Waals surface area contributed by atoms with Crippen LogP contribution in [0.1, 0.15) is 51.5 Å². The number of hydrogen-bond donors (Lipinski definition) is 3. The maximum atomic E-state index is 12.9. The van der Waals surface area contributed by atoms with E-state index in [1.807, 2.05) is 30.3 Å². The molecule has 1 atom stereocenters. The largest absolute Gasteiger partial charge is 0.490 e. The van der Waals surface area contributed by atoms with Gasteiger partial charge in [-0.25, -0.2) is 4.79 Å². The van der Waals surface area contributed by atoms with E-state index >= 15 is 0 Å². The van der Waals surface area contributed by atoms with Gasteiger partial charge in [-0.2, -0.15) is 38.1 Å². The number of ketones is 1. The molecule has 0 aliphatic carbocycles. The Morgan fingerprint density at radius 3 is 2.09 bits per heavy atom. The maximum absolute atomic E-state index is 12.9. The molecule has 0 aromatic heterocycles. The number of rotatable bonds is 14. The number of carbonyl (C=O) groups excluding carboxylic acids is 3. The van der Waals surface area contributed by atoms with E-state index in [4.69, 9.17) is 9.90 Å². The summed E-state index contributed by atoms with van der Waals surface area (Å²) in [5, 5.41) is 12.8. The average Bonchev–Trinajstić information content (AvgIpc) is 2.92. The lowest BCUT2D eigenvalue weighted by atomic mass is 9.93. The van der Waals surface area contributed by atoms with Gasteiger partial charge in [0.05, 0.1) is 12.2 Å². The molecule has 1 fully saturated rings. The van der Waals surface area contributed by atoms with Gasteiger partial charge in [0, 0.05) is 12.6 Å². The molecule has 244 valence electrons. The summed E-state index contributed by atoms with van der Waals surface area (Å²) in [5.74, 6) is -4.90. The Kier molecular flexibility index (Phi) is 16.7. The Hall–Kier alpha value is -2.81. The first-order valence-corrected chi connectivity index (χ1v) is 15.0. The highest BCUT2D eigenvalue weighted by atomic mass is 32.2. The van der Waals surface area contributed by atoms with Gasteiger partial charge in [0.1, 0.15) is 6.04 Å². The van der Waals surface area contributed by atoms with Crippen LogP contribution < -0.4 is 10.6 Å². The van der Waals surface area contributed by atoms with E-state index in [9.17, 15) is 40.7 Å².